The molecule has 10 heteroatoms. The Morgan fingerprint density at radius 3 is 2.79 bits per heavy atom. The summed E-state index contributed by atoms with van der Waals surface area (Å²) in [7, 11) is 1.68. The predicted octanol–water partition coefficient (Wildman–Crippen LogP) is 0.763. The molecule has 0 bridgehead atoms. The number of carbonyl (C=O) groups excluding carboxylic acids is 1. The van der Waals surface area contributed by atoms with Gasteiger partial charge >= 0.3 is 0 Å². The first-order valence-corrected chi connectivity index (χ1v) is 10.5. The summed E-state index contributed by atoms with van der Waals surface area (Å²) in [6.07, 6.45) is 6.03. The van der Waals surface area contributed by atoms with Gasteiger partial charge in [-0.2, -0.15) is 5.10 Å². The molecule has 2 aromatic rings. The Balaban J connectivity index is 1.64. The van der Waals surface area contributed by atoms with Gasteiger partial charge in [0.15, 0.2) is 5.82 Å². The lowest BCUT2D eigenvalue weighted by Crippen LogP contribution is -2.58. The number of hydrogen-bond donors (Lipinski definition) is 0. The van der Waals surface area contributed by atoms with Crippen LogP contribution in [0.3, 0.4) is 0 Å². The fraction of sp³-hybridized carbons (Fsp3) is 0.737. The number of rotatable bonds is 7. The zero-order valence-electron chi connectivity index (χ0n) is 17.3. The van der Waals surface area contributed by atoms with Gasteiger partial charge in [-0.05, 0) is 62.2 Å². The molecule has 2 aliphatic rings. The molecule has 0 saturated carbocycles. The van der Waals surface area contributed by atoms with E-state index in [-0.39, 0.29) is 11.4 Å². The molecule has 0 N–H and O–H groups in total. The van der Waals surface area contributed by atoms with E-state index >= 15 is 0 Å². The molecule has 0 aromatic carbocycles. The Labute approximate surface area is 170 Å². The molecule has 2 fully saturated rings. The van der Waals surface area contributed by atoms with Crippen LogP contribution in [0, 0.1) is 0 Å². The average molecular weight is 403 g/mol. The lowest BCUT2D eigenvalue weighted by atomic mass is 9.86. The highest BCUT2D eigenvalue weighted by atomic mass is 16.5. The Morgan fingerprint density at radius 1 is 1.24 bits per heavy atom. The molecule has 0 aliphatic carbocycles. The van der Waals surface area contributed by atoms with E-state index in [4.69, 9.17) is 4.74 Å². The Kier molecular flexibility index (Phi) is 5.91. The topological polar surface area (TPSA) is 94.2 Å². The van der Waals surface area contributed by atoms with Crippen molar-refractivity contribution >= 4 is 5.91 Å². The summed E-state index contributed by atoms with van der Waals surface area (Å²) < 4.78 is 8.88. The molecule has 1 atom stereocenters. The van der Waals surface area contributed by atoms with Crippen LogP contribution in [0.5, 0.6) is 0 Å². The van der Waals surface area contributed by atoms with E-state index in [2.05, 4.69) is 25.5 Å². The van der Waals surface area contributed by atoms with Crippen LogP contribution in [-0.4, -0.2) is 85.6 Å². The van der Waals surface area contributed by atoms with Crippen LogP contribution in [0.1, 0.15) is 48.9 Å². The number of likely N-dealkylation sites (tertiary alicyclic amines) is 2. The first kappa shape index (κ1) is 20.0. The first-order valence-electron chi connectivity index (χ1n) is 10.5. The van der Waals surface area contributed by atoms with Gasteiger partial charge in [0.1, 0.15) is 11.2 Å². The summed E-state index contributed by atoms with van der Waals surface area (Å²) in [6.45, 7) is 7.23. The molecule has 158 valence electrons. The van der Waals surface area contributed by atoms with Gasteiger partial charge in [-0.3, -0.25) is 14.4 Å². The number of nitrogens with zero attached hydrogens (tertiary/aromatic N) is 8. The van der Waals surface area contributed by atoms with Gasteiger partial charge < -0.3 is 9.64 Å². The van der Waals surface area contributed by atoms with Crippen molar-refractivity contribution < 1.29 is 9.53 Å². The van der Waals surface area contributed by atoms with Crippen LogP contribution in [-0.2, 0) is 23.4 Å². The fourth-order valence-corrected chi connectivity index (χ4v) is 4.62. The van der Waals surface area contributed by atoms with Crippen LogP contribution in [0.4, 0.5) is 0 Å². The molecule has 2 aliphatic heterocycles. The normalized spacial score (nSPS) is 23.0. The third-order valence-electron chi connectivity index (χ3n) is 6.11. The maximum absolute atomic E-state index is 13.2. The minimum absolute atomic E-state index is 0.0172. The van der Waals surface area contributed by atoms with Gasteiger partial charge in [-0.15, -0.1) is 5.10 Å². The number of aromatic nitrogens is 6. The maximum atomic E-state index is 13.2. The largest absolute Gasteiger partial charge is 0.383 e. The van der Waals surface area contributed by atoms with Gasteiger partial charge in [0, 0.05) is 32.9 Å². The highest BCUT2D eigenvalue weighted by molar-refractivity contribution is 5.92. The second-order valence-corrected chi connectivity index (χ2v) is 7.83. The third-order valence-corrected chi connectivity index (χ3v) is 6.11. The standard InChI is InChI=1S/C19H30N8O2/c1-3-26-12-7-16(21-26)17(28)24-9-6-8-19(15-24,25-10-4-5-11-25)18-20-22-23-27(18)13-14-29-2/h7,12H,3-6,8-11,13-15H2,1-2H3. The number of ether oxygens (including phenoxy) is 1. The van der Waals surface area contributed by atoms with Gasteiger partial charge in [-0.25, -0.2) is 4.68 Å². The summed E-state index contributed by atoms with van der Waals surface area (Å²) in [4.78, 5) is 17.6. The summed E-state index contributed by atoms with van der Waals surface area (Å²) in [6, 6.07) is 1.81. The molecule has 10 nitrogen and oxygen atoms in total. The van der Waals surface area contributed by atoms with Crippen molar-refractivity contribution in [1.82, 2.24) is 39.8 Å². The number of amides is 1. The van der Waals surface area contributed by atoms with E-state index in [0.717, 1.165) is 57.7 Å². The molecule has 0 spiro atoms. The molecule has 2 saturated heterocycles. The second-order valence-electron chi connectivity index (χ2n) is 7.83. The van der Waals surface area contributed by atoms with Crippen LogP contribution >= 0.6 is 0 Å². The summed E-state index contributed by atoms with van der Waals surface area (Å²) in [5.74, 6) is 0.824. The van der Waals surface area contributed by atoms with Crippen molar-refractivity contribution in [1.29, 1.82) is 0 Å². The zero-order valence-corrected chi connectivity index (χ0v) is 17.3. The van der Waals surface area contributed by atoms with Crippen molar-refractivity contribution in [2.24, 2.45) is 0 Å². The van der Waals surface area contributed by atoms with E-state index in [1.165, 1.54) is 0 Å². The molecule has 1 amide bonds. The third kappa shape index (κ3) is 3.78. The van der Waals surface area contributed by atoms with E-state index in [1.807, 2.05) is 22.7 Å². The zero-order chi connectivity index (χ0) is 20.3. The Bertz CT molecular complexity index is 828. The van der Waals surface area contributed by atoms with Gasteiger partial charge in [0.05, 0.1) is 13.2 Å². The minimum Gasteiger partial charge on any atom is -0.383 e. The number of carbonyl (C=O) groups is 1. The molecule has 2 aromatic heterocycles. The molecular weight excluding hydrogens is 372 g/mol. The highest BCUT2D eigenvalue weighted by Crippen LogP contribution is 2.38. The van der Waals surface area contributed by atoms with E-state index in [9.17, 15) is 4.79 Å². The second kappa shape index (κ2) is 8.58. The molecule has 1 unspecified atom stereocenters. The monoisotopic (exact) mass is 402 g/mol. The van der Waals surface area contributed by atoms with Gasteiger partial charge in [0.2, 0.25) is 0 Å². The average Bonchev–Trinajstić information content (AvgIpc) is 3.53. The quantitative estimate of drug-likeness (QED) is 0.675. The number of piperidine rings is 1. The molecule has 4 rings (SSSR count). The Hall–Kier alpha value is -2.33. The number of hydrogen-bond acceptors (Lipinski definition) is 7. The molecule has 29 heavy (non-hydrogen) atoms. The van der Waals surface area contributed by atoms with E-state index < -0.39 is 0 Å². The lowest BCUT2D eigenvalue weighted by Gasteiger charge is -2.47. The van der Waals surface area contributed by atoms with Gasteiger partial charge in [0.25, 0.3) is 5.91 Å². The highest BCUT2D eigenvalue weighted by Gasteiger charge is 2.48. The first-order chi connectivity index (χ1) is 14.2. The minimum atomic E-state index is -0.366. The van der Waals surface area contributed by atoms with Crippen LogP contribution in [0.15, 0.2) is 12.3 Å². The van der Waals surface area contributed by atoms with Crippen molar-refractivity contribution in [3.05, 3.63) is 23.8 Å². The summed E-state index contributed by atoms with van der Waals surface area (Å²) >= 11 is 0. The van der Waals surface area contributed by atoms with Crippen LogP contribution < -0.4 is 0 Å². The van der Waals surface area contributed by atoms with Gasteiger partial charge in [-0.1, -0.05) is 0 Å². The SMILES string of the molecule is CCn1ccc(C(=O)N2CCCC(c3nnnn3CCOC)(N3CCCC3)C2)n1. The maximum Gasteiger partial charge on any atom is 0.274 e. The van der Waals surface area contributed by atoms with Crippen molar-refractivity contribution in [2.75, 3.05) is 39.9 Å². The van der Waals surface area contributed by atoms with Crippen LogP contribution in [0.2, 0.25) is 0 Å². The van der Waals surface area contributed by atoms with E-state index in [1.54, 1.807) is 17.9 Å². The molecular formula is C19H30N8O2. The summed E-state index contributed by atoms with van der Waals surface area (Å²) in [5.41, 5.74) is 0.137. The number of aryl methyl sites for hydroxylation is 1. The smallest absolute Gasteiger partial charge is 0.274 e. The number of tetrazole rings is 1. The number of methoxy groups -OCH3 is 1. The predicted molar refractivity (Wildman–Crippen MR) is 105 cm³/mol. The van der Waals surface area contributed by atoms with Crippen molar-refractivity contribution in [2.45, 2.75) is 51.2 Å². The fourth-order valence-electron chi connectivity index (χ4n) is 4.62. The molecule has 0 radical (unpaired) electrons. The van der Waals surface area contributed by atoms with E-state index in [0.29, 0.717) is 25.4 Å². The van der Waals surface area contributed by atoms with Crippen LogP contribution in [0.25, 0.3) is 0 Å². The lowest BCUT2D eigenvalue weighted by molar-refractivity contribution is 0.0118. The Morgan fingerprint density at radius 2 is 2.07 bits per heavy atom. The van der Waals surface area contributed by atoms with Crippen molar-refractivity contribution in [3.8, 4) is 0 Å². The summed E-state index contributed by atoms with van der Waals surface area (Å²) in [5, 5.41) is 17.0. The van der Waals surface area contributed by atoms with Crippen molar-refractivity contribution in [3.63, 3.8) is 0 Å². The molecule has 4 heterocycles.